The second-order valence-corrected chi connectivity index (χ2v) is 6.95. The fraction of sp³-hybridized carbons (Fsp3) is 0.500. The summed E-state index contributed by atoms with van der Waals surface area (Å²) in [4.78, 5) is 23.0. The van der Waals surface area contributed by atoms with Crippen LogP contribution in [0.15, 0.2) is 24.5 Å². The highest BCUT2D eigenvalue weighted by Gasteiger charge is 2.49. The Kier molecular flexibility index (Phi) is 3.64. The molecule has 1 saturated heterocycles. The first-order valence-corrected chi connectivity index (χ1v) is 8.51. The van der Waals surface area contributed by atoms with Gasteiger partial charge in [0, 0.05) is 30.6 Å². The summed E-state index contributed by atoms with van der Waals surface area (Å²) in [6, 6.07) is 5.46. The normalized spacial score (nSPS) is 26.0. The average Bonchev–Trinajstić information content (AvgIpc) is 2.99. The number of rotatable bonds is 3. The van der Waals surface area contributed by atoms with E-state index in [1.54, 1.807) is 0 Å². The molecule has 0 bridgehead atoms. The highest BCUT2D eigenvalue weighted by molar-refractivity contribution is 5.99. The predicted octanol–water partition coefficient (Wildman–Crippen LogP) is 2.24. The number of amides is 1. The fourth-order valence-electron chi connectivity index (χ4n) is 4.09. The van der Waals surface area contributed by atoms with Crippen molar-refractivity contribution in [3.05, 3.63) is 30.1 Å². The highest BCUT2D eigenvalue weighted by atomic mass is 16.5. The minimum Gasteiger partial charge on any atom is -0.383 e. The van der Waals surface area contributed by atoms with Crippen molar-refractivity contribution in [3.63, 3.8) is 0 Å². The third-order valence-corrected chi connectivity index (χ3v) is 5.36. The Morgan fingerprint density at radius 3 is 3.04 bits per heavy atom. The van der Waals surface area contributed by atoms with Crippen molar-refractivity contribution < 1.29 is 9.53 Å². The Morgan fingerprint density at radius 1 is 1.42 bits per heavy atom. The third kappa shape index (κ3) is 2.51. The van der Waals surface area contributed by atoms with Crippen molar-refractivity contribution in [2.24, 2.45) is 5.41 Å². The van der Waals surface area contributed by atoms with E-state index in [2.05, 4.69) is 9.97 Å². The summed E-state index contributed by atoms with van der Waals surface area (Å²) < 4.78 is 5.67. The lowest BCUT2D eigenvalue weighted by molar-refractivity contribution is -0.0707. The summed E-state index contributed by atoms with van der Waals surface area (Å²) in [6.07, 6.45) is 5.03. The summed E-state index contributed by atoms with van der Waals surface area (Å²) in [7, 11) is 0. The number of benzene rings is 1. The number of carbonyl (C=O) groups excluding carboxylic acids is 1. The van der Waals surface area contributed by atoms with Crippen LogP contribution >= 0.6 is 0 Å². The maximum absolute atomic E-state index is 12.8. The van der Waals surface area contributed by atoms with Crippen LogP contribution in [0.4, 0.5) is 5.82 Å². The molecule has 2 aromatic rings. The van der Waals surface area contributed by atoms with Gasteiger partial charge in [0.05, 0.1) is 11.6 Å². The first kappa shape index (κ1) is 15.3. The summed E-state index contributed by atoms with van der Waals surface area (Å²) in [5, 5.41) is 0.783. The number of fused-ring (bicyclic) bond motifs is 1. The van der Waals surface area contributed by atoms with Crippen LogP contribution in [0.3, 0.4) is 0 Å². The first-order chi connectivity index (χ1) is 11.6. The van der Waals surface area contributed by atoms with E-state index in [-0.39, 0.29) is 11.3 Å². The largest absolute Gasteiger partial charge is 0.383 e. The van der Waals surface area contributed by atoms with Gasteiger partial charge in [0.25, 0.3) is 5.91 Å². The lowest BCUT2D eigenvalue weighted by Gasteiger charge is -2.44. The number of likely N-dealkylation sites (tertiary alicyclic amines) is 1. The van der Waals surface area contributed by atoms with Crippen LogP contribution in [0.2, 0.25) is 0 Å². The average molecular weight is 326 g/mol. The van der Waals surface area contributed by atoms with Gasteiger partial charge in [-0.3, -0.25) is 4.79 Å². The Labute approximate surface area is 141 Å². The molecule has 2 N–H and O–H groups in total. The molecule has 0 radical (unpaired) electrons. The fourth-order valence-corrected chi connectivity index (χ4v) is 4.09. The van der Waals surface area contributed by atoms with Gasteiger partial charge in [-0.2, -0.15) is 0 Å². The van der Waals surface area contributed by atoms with E-state index < -0.39 is 0 Å². The zero-order valence-electron chi connectivity index (χ0n) is 13.9. The number of nitrogen functional groups attached to an aromatic ring is 1. The van der Waals surface area contributed by atoms with Crippen LogP contribution < -0.4 is 5.73 Å². The van der Waals surface area contributed by atoms with E-state index in [1.807, 2.05) is 30.0 Å². The molecule has 6 heteroatoms. The smallest absolute Gasteiger partial charge is 0.253 e. The summed E-state index contributed by atoms with van der Waals surface area (Å²) in [5.41, 5.74) is 7.50. The van der Waals surface area contributed by atoms with E-state index in [9.17, 15) is 4.79 Å². The SMILES string of the molecule is CCOC1CC2(CCN(C(=O)c3ccc4c(N)ncnc4c3)C2)C1. The molecular formula is C18H22N4O2. The van der Waals surface area contributed by atoms with Crippen LogP contribution in [0.5, 0.6) is 0 Å². The van der Waals surface area contributed by atoms with Gasteiger partial charge in [0.2, 0.25) is 0 Å². The van der Waals surface area contributed by atoms with Crippen molar-refractivity contribution in [1.82, 2.24) is 14.9 Å². The maximum atomic E-state index is 12.8. The third-order valence-electron chi connectivity index (χ3n) is 5.36. The monoisotopic (exact) mass is 326 g/mol. The minimum atomic E-state index is 0.0748. The lowest BCUT2D eigenvalue weighted by Crippen LogP contribution is -2.45. The van der Waals surface area contributed by atoms with Crippen molar-refractivity contribution in [2.45, 2.75) is 32.3 Å². The van der Waals surface area contributed by atoms with E-state index in [4.69, 9.17) is 10.5 Å². The number of ether oxygens (including phenoxy) is 1. The number of hydrogen-bond acceptors (Lipinski definition) is 5. The Morgan fingerprint density at radius 2 is 2.25 bits per heavy atom. The molecule has 0 unspecified atom stereocenters. The Bertz CT molecular complexity index is 786. The lowest BCUT2D eigenvalue weighted by atomic mass is 9.66. The van der Waals surface area contributed by atoms with E-state index in [1.165, 1.54) is 6.33 Å². The highest BCUT2D eigenvalue weighted by Crippen LogP contribution is 2.49. The number of aromatic nitrogens is 2. The maximum Gasteiger partial charge on any atom is 0.253 e. The van der Waals surface area contributed by atoms with Gasteiger partial charge in [-0.1, -0.05) is 0 Å². The van der Waals surface area contributed by atoms with Crippen LogP contribution in [0, 0.1) is 5.41 Å². The molecule has 2 aliphatic rings. The molecule has 6 nitrogen and oxygen atoms in total. The molecule has 4 rings (SSSR count). The predicted molar refractivity (Wildman–Crippen MR) is 91.6 cm³/mol. The quantitative estimate of drug-likeness (QED) is 0.935. The standard InChI is InChI=1S/C18H22N4O2/c1-2-24-13-8-18(9-13)5-6-22(10-18)17(23)12-3-4-14-15(7-12)20-11-21-16(14)19/h3-4,7,11,13H,2,5-6,8-10H2,1H3,(H2,19,20,21). The van der Waals surface area contributed by atoms with Crippen molar-refractivity contribution in [2.75, 3.05) is 25.4 Å². The van der Waals surface area contributed by atoms with Gasteiger partial charge in [0.1, 0.15) is 12.1 Å². The molecule has 0 atom stereocenters. The second-order valence-electron chi connectivity index (χ2n) is 6.95. The van der Waals surface area contributed by atoms with Gasteiger partial charge in [0.15, 0.2) is 0 Å². The minimum absolute atomic E-state index is 0.0748. The first-order valence-electron chi connectivity index (χ1n) is 8.51. The number of carbonyl (C=O) groups is 1. The van der Waals surface area contributed by atoms with E-state index >= 15 is 0 Å². The van der Waals surface area contributed by atoms with E-state index in [0.29, 0.717) is 23.0 Å². The van der Waals surface area contributed by atoms with Crippen LogP contribution in [0.25, 0.3) is 10.9 Å². The second kappa shape index (κ2) is 5.70. The number of nitrogens with two attached hydrogens (primary N) is 1. The molecule has 1 amide bonds. The Balaban J connectivity index is 1.49. The zero-order chi connectivity index (χ0) is 16.7. The van der Waals surface area contributed by atoms with Gasteiger partial charge < -0.3 is 15.4 Å². The number of anilines is 1. The molecule has 2 fully saturated rings. The molecule has 1 spiro atoms. The number of hydrogen-bond donors (Lipinski definition) is 1. The van der Waals surface area contributed by atoms with Crippen molar-refractivity contribution in [1.29, 1.82) is 0 Å². The molecular weight excluding hydrogens is 304 g/mol. The van der Waals surface area contributed by atoms with Gasteiger partial charge in [-0.15, -0.1) is 0 Å². The molecule has 1 aromatic heterocycles. The molecule has 1 aromatic carbocycles. The summed E-state index contributed by atoms with van der Waals surface area (Å²) in [6.45, 7) is 4.46. The van der Waals surface area contributed by atoms with Gasteiger partial charge in [-0.25, -0.2) is 9.97 Å². The molecule has 1 aliphatic heterocycles. The summed E-state index contributed by atoms with van der Waals surface area (Å²) in [5.74, 6) is 0.515. The number of nitrogens with zero attached hydrogens (tertiary/aromatic N) is 3. The van der Waals surface area contributed by atoms with Crippen LogP contribution in [-0.2, 0) is 4.74 Å². The Hall–Kier alpha value is -2.21. The van der Waals surface area contributed by atoms with Crippen molar-refractivity contribution in [3.8, 4) is 0 Å². The van der Waals surface area contributed by atoms with E-state index in [0.717, 1.165) is 44.3 Å². The van der Waals surface area contributed by atoms with Gasteiger partial charge in [-0.05, 0) is 49.8 Å². The van der Waals surface area contributed by atoms with Crippen LogP contribution in [-0.4, -0.2) is 46.6 Å². The molecule has 126 valence electrons. The summed E-state index contributed by atoms with van der Waals surface area (Å²) >= 11 is 0. The molecule has 2 heterocycles. The molecule has 1 saturated carbocycles. The molecule has 1 aliphatic carbocycles. The molecule has 24 heavy (non-hydrogen) atoms. The zero-order valence-corrected chi connectivity index (χ0v) is 13.9. The topological polar surface area (TPSA) is 81.3 Å². The van der Waals surface area contributed by atoms with Crippen molar-refractivity contribution >= 4 is 22.6 Å². The van der Waals surface area contributed by atoms with Gasteiger partial charge >= 0.3 is 0 Å². The van der Waals surface area contributed by atoms with Crippen LogP contribution in [0.1, 0.15) is 36.5 Å².